The summed E-state index contributed by atoms with van der Waals surface area (Å²) in [6.45, 7) is -0.592. The third-order valence-corrected chi connectivity index (χ3v) is 6.77. The van der Waals surface area contributed by atoms with Gasteiger partial charge in [-0.05, 0) is 30.3 Å². The van der Waals surface area contributed by atoms with Crippen LogP contribution in [0.15, 0.2) is 60.7 Å². The van der Waals surface area contributed by atoms with E-state index in [1.807, 2.05) is 0 Å². The van der Waals surface area contributed by atoms with Gasteiger partial charge in [-0.1, -0.05) is 18.2 Å². The second-order valence-corrected chi connectivity index (χ2v) is 8.87. The van der Waals surface area contributed by atoms with Crippen molar-refractivity contribution < 1.29 is 49.3 Å². The molecule has 0 radical (unpaired) electrons. The van der Waals surface area contributed by atoms with E-state index in [0.717, 1.165) is 0 Å². The molecule has 3 aromatic rings. The number of carbonyl (C=O) groups excluding carboxylic acids is 1. The Hall–Kier alpha value is -3.67. The zero-order valence-corrected chi connectivity index (χ0v) is 18.6. The number of rotatable bonds is 3. The lowest BCUT2D eigenvalue weighted by molar-refractivity contribution is -0.277. The number of ether oxygens (including phenoxy) is 4. The summed E-state index contributed by atoms with van der Waals surface area (Å²) in [4.78, 5) is 12.9. The van der Waals surface area contributed by atoms with Crippen LogP contribution in [0.1, 0.15) is 27.0 Å². The third-order valence-electron chi connectivity index (χ3n) is 6.77. The zero-order chi connectivity index (χ0) is 25.2. The van der Waals surface area contributed by atoms with E-state index < -0.39 is 48.9 Å². The minimum atomic E-state index is -1.60. The van der Waals surface area contributed by atoms with Crippen LogP contribution in [0.4, 0.5) is 0 Å². The summed E-state index contributed by atoms with van der Waals surface area (Å²) >= 11 is 0. The van der Waals surface area contributed by atoms with Crippen molar-refractivity contribution in [3.8, 4) is 23.0 Å². The number of fused-ring (bicyclic) bond motifs is 6. The number of aliphatic hydroxyl groups excluding tert-OH is 4. The molecule has 0 aromatic heterocycles. The summed E-state index contributed by atoms with van der Waals surface area (Å²) in [5, 5.41) is 49.9. The monoisotopic (exact) mass is 494 g/mol. The van der Waals surface area contributed by atoms with Crippen molar-refractivity contribution in [3.05, 3.63) is 82.9 Å². The molecule has 3 aliphatic heterocycles. The van der Waals surface area contributed by atoms with Crippen molar-refractivity contribution in [1.29, 1.82) is 0 Å². The van der Waals surface area contributed by atoms with E-state index in [1.165, 1.54) is 18.2 Å². The molecular weight excluding hydrogens is 472 g/mol. The third kappa shape index (κ3) is 3.20. The highest BCUT2D eigenvalue weighted by Gasteiger charge is 2.53. The summed E-state index contributed by atoms with van der Waals surface area (Å²) in [6.07, 6.45) is -7.22. The molecule has 0 aliphatic carbocycles. The van der Waals surface area contributed by atoms with Gasteiger partial charge in [0, 0.05) is 28.8 Å². The average Bonchev–Trinajstić information content (AvgIpc) is 3.17. The Morgan fingerprint density at radius 2 is 1.58 bits per heavy atom. The van der Waals surface area contributed by atoms with Crippen LogP contribution in [0.3, 0.4) is 0 Å². The highest BCUT2D eigenvalue weighted by molar-refractivity contribution is 5.97. The average molecular weight is 494 g/mol. The quantitative estimate of drug-likeness (QED) is 0.335. The number of phenols is 1. The summed E-state index contributed by atoms with van der Waals surface area (Å²) < 4.78 is 23.3. The number of aromatic hydroxyl groups is 1. The first-order chi connectivity index (χ1) is 17.3. The van der Waals surface area contributed by atoms with E-state index in [-0.39, 0.29) is 23.0 Å². The lowest BCUT2D eigenvalue weighted by Crippen LogP contribution is -2.60. The maximum Gasteiger partial charge on any atom is 0.340 e. The Labute approximate surface area is 204 Å². The van der Waals surface area contributed by atoms with Crippen molar-refractivity contribution in [2.24, 2.45) is 0 Å². The van der Waals surface area contributed by atoms with Crippen LogP contribution in [-0.2, 0) is 15.1 Å². The number of aliphatic hydroxyl groups is 4. The lowest BCUT2D eigenvalue weighted by atomic mass is 9.77. The molecule has 0 amide bonds. The zero-order valence-electron chi connectivity index (χ0n) is 18.6. The summed E-state index contributed by atoms with van der Waals surface area (Å²) in [7, 11) is 0. The Bertz CT molecular complexity index is 1350. The topological polar surface area (TPSA) is 155 Å². The summed E-state index contributed by atoms with van der Waals surface area (Å²) in [5.41, 5.74) is 0.750. The number of esters is 1. The second kappa shape index (κ2) is 8.19. The Morgan fingerprint density at radius 1 is 0.861 bits per heavy atom. The fraction of sp³-hybridized carbons (Fsp3) is 0.269. The molecule has 186 valence electrons. The van der Waals surface area contributed by atoms with Crippen molar-refractivity contribution in [2.45, 2.75) is 36.3 Å². The number of phenolic OH excluding ortho intramolecular Hbond substituents is 1. The van der Waals surface area contributed by atoms with Crippen molar-refractivity contribution >= 4 is 5.97 Å². The summed E-state index contributed by atoms with van der Waals surface area (Å²) in [6, 6.07) is 16.3. The fourth-order valence-electron chi connectivity index (χ4n) is 5.02. The smallest absolute Gasteiger partial charge is 0.340 e. The molecule has 6 atom stereocenters. The Kier molecular flexibility index (Phi) is 5.18. The number of hydrogen-bond acceptors (Lipinski definition) is 10. The van der Waals surface area contributed by atoms with Crippen LogP contribution in [0.2, 0.25) is 0 Å². The molecule has 6 rings (SSSR count). The first-order valence-electron chi connectivity index (χ1n) is 11.3. The van der Waals surface area contributed by atoms with E-state index in [9.17, 15) is 30.3 Å². The van der Waals surface area contributed by atoms with Crippen molar-refractivity contribution in [3.63, 3.8) is 0 Å². The SMILES string of the molecule is O=C1OC2(c3ccc(O)cc3Oc3cc(O[C@H]4O[C@@H](CO)[C@H](O)[C@@H](O)[C@@H]4O)ccc32)c2ccccc21. The van der Waals surface area contributed by atoms with Gasteiger partial charge in [-0.25, -0.2) is 4.79 Å². The van der Waals surface area contributed by atoms with Crippen LogP contribution in [0.25, 0.3) is 0 Å². The fourth-order valence-corrected chi connectivity index (χ4v) is 5.02. The van der Waals surface area contributed by atoms with Gasteiger partial charge in [0.2, 0.25) is 6.29 Å². The molecule has 36 heavy (non-hydrogen) atoms. The molecule has 3 aromatic carbocycles. The highest BCUT2D eigenvalue weighted by Crippen LogP contribution is 2.57. The molecule has 0 bridgehead atoms. The Morgan fingerprint density at radius 3 is 2.36 bits per heavy atom. The number of benzene rings is 3. The maximum absolute atomic E-state index is 12.9. The van der Waals surface area contributed by atoms with Crippen LogP contribution in [0, 0.1) is 0 Å². The molecule has 1 unspecified atom stereocenters. The van der Waals surface area contributed by atoms with Gasteiger partial charge < -0.3 is 44.5 Å². The molecule has 1 fully saturated rings. The number of hydrogen-bond donors (Lipinski definition) is 5. The molecule has 1 spiro atoms. The van der Waals surface area contributed by atoms with Gasteiger partial charge in [-0.15, -0.1) is 0 Å². The lowest BCUT2D eigenvalue weighted by Gasteiger charge is -2.40. The molecule has 5 N–H and O–H groups in total. The molecule has 3 heterocycles. The highest BCUT2D eigenvalue weighted by atomic mass is 16.7. The molecular formula is C26H22O10. The predicted octanol–water partition coefficient (Wildman–Crippen LogP) is 1.14. The Balaban J connectivity index is 1.43. The van der Waals surface area contributed by atoms with Gasteiger partial charge in [-0.3, -0.25) is 0 Å². The first-order valence-corrected chi connectivity index (χ1v) is 11.3. The second-order valence-electron chi connectivity index (χ2n) is 8.87. The van der Waals surface area contributed by atoms with Gasteiger partial charge in [0.1, 0.15) is 47.4 Å². The van der Waals surface area contributed by atoms with Gasteiger partial charge in [-0.2, -0.15) is 0 Å². The van der Waals surface area contributed by atoms with E-state index in [1.54, 1.807) is 42.5 Å². The summed E-state index contributed by atoms with van der Waals surface area (Å²) in [5.74, 6) is 0.170. The minimum absolute atomic E-state index is 0.0429. The van der Waals surface area contributed by atoms with Gasteiger partial charge >= 0.3 is 5.97 Å². The van der Waals surface area contributed by atoms with Crippen LogP contribution in [0.5, 0.6) is 23.0 Å². The molecule has 10 nitrogen and oxygen atoms in total. The van der Waals surface area contributed by atoms with E-state index in [2.05, 4.69) is 0 Å². The molecule has 0 saturated carbocycles. The van der Waals surface area contributed by atoms with Gasteiger partial charge in [0.25, 0.3) is 0 Å². The van der Waals surface area contributed by atoms with Crippen molar-refractivity contribution in [1.82, 2.24) is 0 Å². The standard InChI is InChI=1S/C26H22O10/c27-11-20-21(29)22(30)23(31)25(35-20)33-13-6-8-17-19(10-13)34-18-9-12(28)5-7-16(18)26(17)15-4-2-1-3-14(15)24(32)36-26/h1-10,20-23,25,27-31H,11H2/t20-,21-,22+,23-,25-,26?/m0/s1. The molecule has 3 aliphatic rings. The molecule has 10 heteroatoms. The minimum Gasteiger partial charge on any atom is -0.508 e. The largest absolute Gasteiger partial charge is 0.508 e. The van der Waals surface area contributed by atoms with E-state index >= 15 is 0 Å². The maximum atomic E-state index is 12.9. The first kappa shape index (κ1) is 22.8. The van der Waals surface area contributed by atoms with E-state index in [4.69, 9.17) is 18.9 Å². The molecule has 1 saturated heterocycles. The van der Waals surface area contributed by atoms with Crippen LogP contribution < -0.4 is 9.47 Å². The van der Waals surface area contributed by atoms with Crippen molar-refractivity contribution in [2.75, 3.05) is 6.61 Å². The number of carbonyl (C=O) groups is 1. The van der Waals surface area contributed by atoms with Crippen LogP contribution >= 0.6 is 0 Å². The van der Waals surface area contributed by atoms with Gasteiger partial charge in [0.15, 0.2) is 5.60 Å². The van der Waals surface area contributed by atoms with Gasteiger partial charge in [0.05, 0.1) is 12.2 Å². The van der Waals surface area contributed by atoms with Crippen LogP contribution in [-0.4, -0.2) is 68.8 Å². The normalized spacial score (nSPS) is 30.1. The predicted molar refractivity (Wildman–Crippen MR) is 121 cm³/mol. The van der Waals surface area contributed by atoms with E-state index in [0.29, 0.717) is 22.3 Å².